The van der Waals surface area contributed by atoms with Gasteiger partial charge in [-0.05, 0) is 25.0 Å². The number of amides is 1. The Kier molecular flexibility index (Phi) is 3.34. The normalized spacial score (nSPS) is 16.1. The van der Waals surface area contributed by atoms with Crippen molar-refractivity contribution in [3.63, 3.8) is 0 Å². The van der Waals surface area contributed by atoms with E-state index in [0.29, 0.717) is 17.6 Å². The van der Waals surface area contributed by atoms with Crippen LogP contribution in [0.25, 0.3) is 0 Å². The highest BCUT2D eigenvalue weighted by atomic mass is 16.2. The Morgan fingerprint density at radius 3 is 2.62 bits per heavy atom. The number of hydrogen-bond donors (Lipinski definition) is 2. The van der Waals surface area contributed by atoms with Crippen molar-refractivity contribution >= 4 is 11.7 Å². The molecule has 1 saturated carbocycles. The number of aromatic nitrogens is 2. The maximum atomic E-state index is 11.8. The van der Waals surface area contributed by atoms with Crippen LogP contribution >= 0.6 is 0 Å². The summed E-state index contributed by atoms with van der Waals surface area (Å²) in [6.45, 7) is 0. The Hall–Kier alpha value is -1.65. The molecular formula is C11H16N4O. The minimum atomic E-state index is -0.123. The van der Waals surface area contributed by atoms with Crippen LogP contribution in [0.15, 0.2) is 12.1 Å². The average Bonchev–Trinajstić information content (AvgIpc) is 2.82. The predicted molar refractivity (Wildman–Crippen MR) is 61.3 cm³/mol. The second-order valence-corrected chi connectivity index (χ2v) is 4.01. The number of nitrogens with zero attached hydrogens (tertiary/aromatic N) is 2. The summed E-state index contributed by atoms with van der Waals surface area (Å²) in [6, 6.07) is 3.75. The van der Waals surface area contributed by atoms with Gasteiger partial charge in [-0.3, -0.25) is 4.79 Å². The minimum absolute atomic E-state index is 0.123. The van der Waals surface area contributed by atoms with Crippen LogP contribution in [-0.2, 0) is 0 Å². The van der Waals surface area contributed by atoms with Crippen LogP contribution in [0.5, 0.6) is 0 Å². The lowest BCUT2D eigenvalue weighted by Crippen LogP contribution is -2.33. The monoisotopic (exact) mass is 220 g/mol. The molecule has 0 atom stereocenters. The molecular weight excluding hydrogens is 204 g/mol. The van der Waals surface area contributed by atoms with Crippen LogP contribution in [-0.4, -0.2) is 29.2 Å². The van der Waals surface area contributed by atoms with Crippen molar-refractivity contribution in [3.05, 3.63) is 17.8 Å². The van der Waals surface area contributed by atoms with Crippen molar-refractivity contribution < 1.29 is 4.79 Å². The lowest BCUT2D eigenvalue weighted by atomic mass is 10.2. The van der Waals surface area contributed by atoms with Crippen LogP contribution in [0.2, 0.25) is 0 Å². The summed E-state index contributed by atoms with van der Waals surface area (Å²) in [5, 5.41) is 13.6. The highest BCUT2D eigenvalue weighted by Crippen LogP contribution is 2.17. The van der Waals surface area contributed by atoms with Crippen molar-refractivity contribution in [3.8, 4) is 0 Å². The van der Waals surface area contributed by atoms with Crippen molar-refractivity contribution in [2.24, 2.45) is 0 Å². The van der Waals surface area contributed by atoms with E-state index < -0.39 is 0 Å². The molecule has 0 spiro atoms. The highest BCUT2D eigenvalue weighted by molar-refractivity contribution is 5.92. The molecule has 0 saturated heterocycles. The van der Waals surface area contributed by atoms with E-state index in [4.69, 9.17) is 0 Å². The SMILES string of the molecule is CNc1ccc(C(=O)NC2CCCC2)nn1. The Morgan fingerprint density at radius 1 is 1.31 bits per heavy atom. The highest BCUT2D eigenvalue weighted by Gasteiger charge is 2.18. The zero-order chi connectivity index (χ0) is 11.4. The summed E-state index contributed by atoms with van der Waals surface area (Å²) < 4.78 is 0. The Morgan fingerprint density at radius 2 is 2.06 bits per heavy atom. The van der Waals surface area contributed by atoms with Crippen molar-refractivity contribution in [2.45, 2.75) is 31.7 Å². The van der Waals surface area contributed by atoms with E-state index in [1.54, 1.807) is 19.2 Å². The van der Waals surface area contributed by atoms with Gasteiger partial charge in [0.05, 0.1) is 0 Å². The van der Waals surface area contributed by atoms with Crippen LogP contribution < -0.4 is 10.6 Å². The number of hydrogen-bond acceptors (Lipinski definition) is 4. The second kappa shape index (κ2) is 4.92. The molecule has 1 fully saturated rings. The molecule has 0 bridgehead atoms. The van der Waals surface area contributed by atoms with E-state index >= 15 is 0 Å². The molecule has 1 aromatic rings. The Bertz CT molecular complexity index is 357. The maximum Gasteiger partial charge on any atom is 0.272 e. The minimum Gasteiger partial charge on any atom is -0.372 e. The first-order valence-corrected chi connectivity index (χ1v) is 5.62. The summed E-state index contributed by atoms with van der Waals surface area (Å²) in [6.07, 6.45) is 4.56. The number of carbonyl (C=O) groups excluding carboxylic acids is 1. The molecule has 1 heterocycles. The number of carbonyl (C=O) groups is 1. The van der Waals surface area contributed by atoms with Gasteiger partial charge in [0.25, 0.3) is 5.91 Å². The van der Waals surface area contributed by atoms with Gasteiger partial charge in [-0.15, -0.1) is 10.2 Å². The fourth-order valence-corrected chi connectivity index (χ4v) is 1.92. The average molecular weight is 220 g/mol. The maximum absolute atomic E-state index is 11.8. The summed E-state index contributed by atoms with van der Waals surface area (Å²) in [5.74, 6) is 0.541. The van der Waals surface area contributed by atoms with E-state index in [-0.39, 0.29) is 5.91 Å². The Balaban J connectivity index is 1.97. The van der Waals surface area contributed by atoms with E-state index in [1.807, 2.05) is 0 Å². The third kappa shape index (κ3) is 2.48. The number of rotatable bonds is 3. The second-order valence-electron chi connectivity index (χ2n) is 4.01. The van der Waals surface area contributed by atoms with Gasteiger partial charge < -0.3 is 10.6 Å². The largest absolute Gasteiger partial charge is 0.372 e. The van der Waals surface area contributed by atoms with Gasteiger partial charge in [0.1, 0.15) is 5.82 Å². The summed E-state index contributed by atoms with van der Waals surface area (Å²) in [5.41, 5.74) is 0.380. The van der Waals surface area contributed by atoms with Gasteiger partial charge in [-0.2, -0.15) is 0 Å². The van der Waals surface area contributed by atoms with Crippen molar-refractivity contribution in [1.29, 1.82) is 0 Å². The van der Waals surface area contributed by atoms with Crippen LogP contribution in [0.3, 0.4) is 0 Å². The molecule has 0 unspecified atom stereocenters. The van der Waals surface area contributed by atoms with Gasteiger partial charge >= 0.3 is 0 Å². The van der Waals surface area contributed by atoms with Gasteiger partial charge in [-0.1, -0.05) is 12.8 Å². The lowest BCUT2D eigenvalue weighted by molar-refractivity contribution is 0.0932. The quantitative estimate of drug-likeness (QED) is 0.803. The fraction of sp³-hybridized carbons (Fsp3) is 0.545. The molecule has 16 heavy (non-hydrogen) atoms. The molecule has 2 rings (SSSR count). The molecule has 1 aliphatic carbocycles. The number of anilines is 1. The molecule has 1 amide bonds. The van der Waals surface area contributed by atoms with Gasteiger partial charge in [0.15, 0.2) is 5.69 Å². The first-order valence-electron chi connectivity index (χ1n) is 5.62. The van der Waals surface area contributed by atoms with E-state index in [2.05, 4.69) is 20.8 Å². The van der Waals surface area contributed by atoms with Crippen LogP contribution in [0.1, 0.15) is 36.2 Å². The molecule has 2 N–H and O–H groups in total. The molecule has 86 valence electrons. The van der Waals surface area contributed by atoms with Crippen molar-refractivity contribution in [2.75, 3.05) is 12.4 Å². The molecule has 0 aliphatic heterocycles. The van der Waals surface area contributed by atoms with E-state index in [1.165, 1.54) is 12.8 Å². The van der Waals surface area contributed by atoms with E-state index in [9.17, 15) is 4.79 Å². The van der Waals surface area contributed by atoms with Gasteiger partial charge in [0.2, 0.25) is 0 Å². The van der Waals surface area contributed by atoms with Crippen LogP contribution in [0, 0.1) is 0 Å². The first kappa shape index (κ1) is 10.9. The molecule has 5 heteroatoms. The zero-order valence-electron chi connectivity index (χ0n) is 9.36. The predicted octanol–water partition coefficient (Wildman–Crippen LogP) is 1.19. The lowest BCUT2D eigenvalue weighted by Gasteiger charge is -2.10. The first-order chi connectivity index (χ1) is 7.79. The van der Waals surface area contributed by atoms with Crippen molar-refractivity contribution in [1.82, 2.24) is 15.5 Å². The van der Waals surface area contributed by atoms with E-state index in [0.717, 1.165) is 12.8 Å². The Labute approximate surface area is 94.6 Å². The topological polar surface area (TPSA) is 66.9 Å². The van der Waals surface area contributed by atoms with Crippen LogP contribution in [0.4, 0.5) is 5.82 Å². The fourth-order valence-electron chi connectivity index (χ4n) is 1.92. The molecule has 1 aromatic heterocycles. The summed E-state index contributed by atoms with van der Waals surface area (Å²) in [4.78, 5) is 11.8. The third-order valence-electron chi connectivity index (χ3n) is 2.84. The molecule has 5 nitrogen and oxygen atoms in total. The van der Waals surface area contributed by atoms with Gasteiger partial charge in [0, 0.05) is 13.1 Å². The molecule has 1 aliphatic rings. The summed E-state index contributed by atoms with van der Waals surface area (Å²) in [7, 11) is 1.77. The third-order valence-corrected chi connectivity index (χ3v) is 2.84. The smallest absolute Gasteiger partial charge is 0.272 e. The molecule has 0 aromatic carbocycles. The van der Waals surface area contributed by atoms with Gasteiger partial charge in [-0.25, -0.2) is 0 Å². The number of nitrogens with one attached hydrogen (secondary N) is 2. The summed E-state index contributed by atoms with van der Waals surface area (Å²) >= 11 is 0. The zero-order valence-corrected chi connectivity index (χ0v) is 9.36. The molecule has 0 radical (unpaired) electrons. The standard InChI is InChI=1S/C11H16N4O/c1-12-10-7-6-9(14-15-10)11(16)13-8-4-2-3-5-8/h6-8H,2-5H2,1H3,(H,12,15)(H,13,16).